The average Bonchev–Trinajstić information content (AvgIpc) is 0.848. The lowest BCUT2D eigenvalue weighted by atomic mass is 9.87. The van der Waals surface area contributed by atoms with Crippen molar-refractivity contribution in [2.24, 2.45) is 41.4 Å². The molecular formula is C94H141F5N8O5. The zero-order chi connectivity index (χ0) is 83.0. The van der Waals surface area contributed by atoms with Gasteiger partial charge in [-0.3, -0.25) is 43.6 Å². The van der Waals surface area contributed by atoms with E-state index in [2.05, 4.69) is 81.0 Å². The molecule has 5 fully saturated rings. The van der Waals surface area contributed by atoms with Crippen LogP contribution >= 0.6 is 0 Å². The van der Waals surface area contributed by atoms with Crippen LogP contribution < -0.4 is 0 Å². The lowest BCUT2D eigenvalue weighted by Gasteiger charge is -2.38. The molecule has 0 saturated carbocycles. The van der Waals surface area contributed by atoms with E-state index in [9.17, 15) is 45.9 Å². The second-order valence-corrected chi connectivity index (χ2v) is 35.2. The number of benzene rings is 5. The number of ketones is 5. The average molecular weight is 1560 g/mol. The second-order valence-electron chi connectivity index (χ2n) is 35.2. The van der Waals surface area contributed by atoms with E-state index in [1.165, 1.54) is 37.8 Å². The molecule has 5 aliphatic rings. The van der Waals surface area contributed by atoms with E-state index in [0.717, 1.165) is 144 Å². The Hall–Kier alpha value is -6.22. The molecule has 0 unspecified atom stereocenters. The molecule has 10 rings (SSSR count). The molecule has 0 amide bonds. The number of carbonyl (C=O) groups excluding carboxylic acids is 5. The second kappa shape index (κ2) is 45.9. The molecule has 13 nitrogen and oxygen atoms in total. The van der Waals surface area contributed by atoms with Crippen LogP contribution in [0.25, 0.3) is 0 Å². The highest BCUT2D eigenvalue weighted by atomic mass is 19.1. The quantitative estimate of drug-likeness (QED) is 0.0490. The van der Waals surface area contributed by atoms with Crippen molar-refractivity contribution in [1.82, 2.24) is 39.2 Å². The smallest absolute Gasteiger partial charge is 0.144 e. The number of carbonyl (C=O) groups is 5. The SMILES string of the molecule is Cc1ccc([C@@H](CN2CCC(C)CC2)C(=O)C(C)C)cc1F.Cc1ccc([C@@H](CN2CCN(C(C)C)CC2)C(=O)C(C)C)cc1F.Cc1ccc([C@@H](CN2CCN(C)CC2)C(=O)C(C)C)cc1F.Cc1ccc([C@H](CN2CCC(C)CC2)C(=O)C(C)C)cc1F.Cc1ccc([C@H](CN2CCN(C)CC2)C(=O)C(C)C)cc1F. The van der Waals surface area contributed by atoms with E-state index < -0.39 is 0 Å². The molecule has 18 heteroatoms. The van der Waals surface area contributed by atoms with Crippen LogP contribution in [0.1, 0.15) is 208 Å². The first kappa shape index (κ1) is 94.6. The van der Waals surface area contributed by atoms with Crippen molar-refractivity contribution in [3.8, 4) is 0 Å². The Labute approximate surface area is 672 Å². The number of piperazine rings is 3. The summed E-state index contributed by atoms with van der Waals surface area (Å²) in [4.78, 5) is 82.0. The lowest BCUT2D eigenvalue weighted by molar-refractivity contribution is -0.124. The van der Waals surface area contributed by atoms with Crippen molar-refractivity contribution in [1.29, 1.82) is 0 Å². The van der Waals surface area contributed by atoms with Gasteiger partial charge in [0.1, 0.15) is 58.0 Å². The summed E-state index contributed by atoms with van der Waals surface area (Å²) >= 11 is 0. The van der Waals surface area contributed by atoms with Gasteiger partial charge in [-0.05, 0) is 212 Å². The molecule has 0 N–H and O–H groups in total. The van der Waals surface area contributed by atoms with Crippen LogP contribution in [-0.4, -0.2) is 226 Å². The standard InChI is InChI=1S/C20H31FN2O.2C19H28FNO.2C18H27FN2O/c1-14(2)20(24)18(17-7-6-16(5)19(21)12-17)13-22-8-10-23(11-9-22)15(3)4;2*1-13(2)19(22)17(12-21-9-7-14(3)8-10-21)16-6-5-15(4)18(20)11-16;2*1-13(2)18(22)16(12-21-9-7-20(4)8-10-21)15-6-5-14(3)17(19)11-15/h6-7,12,14-15,18H,8-11,13H2,1-5H3;2*5-6,11,13-14,17H,7-10,12H2,1-4H3;2*5-6,11,13,16H,7-10,12H2,1-4H3/t18-;2*17-;2*16-/m11010/s1. The topological polar surface area (TPSA) is 111 Å². The summed E-state index contributed by atoms with van der Waals surface area (Å²) in [5.74, 6) is 0.106. The highest BCUT2D eigenvalue weighted by Gasteiger charge is 2.34. The summed E-state index contributed by atoms with van der Waals surface area (Å²) in [7, 11) is 4.23. The summed E-state index contributed by atoms with van der Waals surface area (Å²) in [6, 6.07) is 26.7. The predicted octanol–water partition coefficient (Wildman–Crippen LogP) is 17.2. The minimum absolute atomic E-state index is 0.0296. The minimum Gasteiger partial charge on any atom is -0.304 e. The van der Waals surface area contributed by atoms with Gasteiger partial charge in [-0.1, -0.05) is 144 Å². The van der Waals surface area contributed by atoms with Crippen LogP contribution in [0.2, 0.25) is 0 Å². The predicted molar refractivity (Wildman–Crippen MR) is 449 cm³/mol. The molecule has 622 valence electrons. The van der Waals surface area contributed by atoms with Gasteiger partial charge in [0.05, 0.1) is 29.6 Å². The third-order valence-corrected chi connectivity index (χ3v) is 23.8. The molecule has 5 atom stereocenters. The van der Waals surface area contributed by atoms with Crippen LogP contribution in [0, 0.1) is 105 Å². The van der Waals surface area contributed by atoms with E-state index in [1.54, 1.807) is 83.1 Å². The van der Waals surface area contributed by atoms with E-state index in [-0.39, 0.29) is 117 Å². The fourth-order valence-corrected chi connectivity index (χ4v) is 15.2. The zero-order valence-electron chi connectivity index (χ0n) is 72.4. The molecule has 0 aliphatic carbocycles. The Bertz CT molecular complexity index is 3380. The van der Waals surface area contributed by atoms with Crippen molar-refractivity contribution in [2.75, 3.05) is 152 Å². The highest BCUT2D eigenvalue weighted by Crippen LogP contribution is 2.32. The highest BCUT2D eigenvalue weighted by molar-refractivity contribution is 5.90. The molecule has 5 aromatic rings. The van der Waals surface area contributed by atoms with Gasteiger partial charge in [0.25, 0.3) is 0 Å². The first-order valence-corrected chi connectivity index (χ1v) is 42.0. The molecule has 5 saturated heterocycles. The van der Waals surface area contributed by atoms with Crippen LogP contribution in [0.4, 0.5) is 22.0 Å². The number of hydrogen-bond donors (Lipinski definition) is 0. The summed E-state index contributed by atoms with van der Waals surface area (Å²) in [6.07, 6.45) is 4.74. The molecule has 0 aromatic heterocycles. The van der Waals surface area contributed by atoms with Gasteiger partial charge < -0.3 is 19.6 Å². The van der Waals surface area contributed by atoms with Crippen LogP contribution in [0.3, 0.4) is 0 Å². The van der Waals surface area contributed by atoms with Gasteiger partial charge in [0, 0.05) is 147 Å². The van der Waals surface area contributed by atoms with Crippen LogP contribution in [0.15, 0.2) is 91.0 Å². The van der Waals surface area contributed by atoms with Crippen molar-refractivity contribution >= 4 is 28.9 Å². The zero-order valence-corrected chi connectivity index (χ0v) is 72.4. The van der Waals surface area contributed by atoms with Crippen LogP contribution in [-0.2, 0) is 24.0 Å². The molecule has 0 spiro atoms. The van der Waals surface area contributed by atoms with Gasteiger partial charge in [-0.25, -0.2) is 22.0 Å². The van der Waals surface area contributed by atoms with E-state index >= 15 is 0 Å². The molecule has 5 heterocycles. The first-order chi connectivity index (χ1) is 52.8. The number of halogens is 5. The van der Waals surface area contributed by atoms with Gasteiger partial charge in [0.2, 0.25) is 0 Å². The molecule has 5 aliphatic heterocycles. The molecule has 5 aromatic carbocycles. The third kappa shape index (κ3) is 29.5. The third-order valence-electron chi connectivity index (χ3n) is 23.8. The number of aryl methyl sites for hydroxylation is 5. The molecule has 0 bridgehead atoms. The maximum atomic E-state index is 14.0. The number of nitrogens with zero attached hydrogens (tertiary/aromatic N) is 8. The van der Waals surface area contributed by atoms with Gasteiger partial charge in [0.15, 0.2) is 0 Å². The Morgan fingerprint density at radius 3 is 0.643 bits per heavy atom. The summed E-state index contributed by atoms with van der Waals surface area (Å²) in [5.41, 5.74) is 7.20. The number of piperidine rings is 2. The summed E-state index contributed by atoms with van der Waals surface area (Å²) in [5, 5.41) is 0. The normalized spacial score (nSPS) is 18.6. The maximum Gasteiger partial charge on any atom is 0.144 e. The number of rotatable bonds is 26. The Balaban J connectivity index is 0.000000218. The summed E-state index contributed by atoms with van der Waals surface area (Å²) < 4.78 is 69.6. The van der Waals surface area contributed by atoms with Gasteiger partial charge in [-0.15, -0.1) is 0 Å². The van der Waals surface area contributed by atoms with E-state index in [0.29, 0.717) is 66.6 Å². The Morgan fingerprint density at radius 1 is 0.295 bits per heavy atom. The number of likely N-dealkylation sites (tertiary alicyclic amines) is 2. The Kier molecular flexibility index (Phi) is 38.8. The summed E-state index contributed by atoms with van der Waals surface area (Å²) in [6.45, 7) is 56.6. The first-order valence-electron chi connectivity index (χ1n) is 42.0. The minimum atomic E-state index is -0.245. The fraction of sp³-hybridized carbons (Fsp3) is 0.628. The number of Topliss-reactive ketones (excluding diaryl/α,β-unsaturated/α-hetero) is 5. The number of hydrogen-bond acceptors (Lipinski definition) is 13. The van der Waals surface area contributed by atoms with Crippen LogP contribution in [0.5, 0.6) is 0 Å². The van der Waals surface area contributed by atoms with E-state index in [1.807, 2.05) is 99.6 Å². The van der Waals surface area contributed by atoms with Crippen molar-refractivity contribution < 1.29 is 45.9 Å². The van der Waals surface area contributed by atoms with Crippen molar-refractivity contribution in [3.05, 3.63) is 176 Å². The van der Waals surface area contributed by atoms with Gasteiger partial charge in [-0.2, -0.15) is 0 Å². The van der Waals surface area contributed by atoms with Gasteiger partial charge >= 0.3 is 0 Å². The molecular weight excluding hydrogens is 1420 g/mol. The van der Waals surface area contributed by atoms with E-state index in [4.69, 9.17) is 0 Å². The van der Waals surface area contributed by atoms with Crippen molar-refractivity contribution in [2.45, 2.75) is 193 Å². The fourth-order valence-electron chi connectivity index (χ4n) is 15.2. The van der Waals surface area contributed by atoms with Crippen molar-refractivity contribution in [3.63, 3.8) is 0 Å². The molecule has 112 heavy (non-hydrogen) atoms. The lowest BCUT2D eigenvalue weighted by Crippen LogP contribution is -2.50. The largest absolute Gasteiger partial charge is 0.304 e. The maximum absolute atomic E-state index is 14.0. The molecule has 0 radical (unpaired) electrons. The monoisotopic (exact) mass is 1560 g/mol. The number of likely N-dealkylation sites (N-methyl/N-ethyl adjacent to an activating group) is 2. The Morgan fingerprint density at radius 2 is 0.473 bits per heavy atom.